The molecule has 33 heavy (non-hydrogen) atoms. The molecule has 3 rings (SSSR count). The van der Waals surface area contributed by atoms with Gasteiger partial charge in [0.2, 0.25) is 0 Å². The number of carbonyl (C=O) groups is 2. The van der Waals surface area contributed by atoms with Crippen molar-refractivity contribution >= 4 is 29.0 Å². The van der Waals surface area contributed by atoms with Gasteiger partial charge in [-0.25, -0.2) is 4.79 Å². The number of nitro groups is 1. The average molecular weight is 476 g/mol. The molecule has 0 saturated carbocycles. The van der Waals surface area contributed by atoms with Gasteiger partial charge >= 0.3 is 5.97 Å². The minimum atomic E-state index is -1.12. The summed E-state index contributed by atoms with van der Waals surface area (Å²) >= 11 is 5.89. The predicted octanol–water partition coefficient (Wildman–Crippen LogP) is 3.40. The molecule has 0 spiro atoms. The molecule has 0 amide bonds. The molecule has 1 aliphatic heterocycles. The Hall–Kier alpha value is -3.01. The molecule has 2 N–H and O–H groups in total. The highest BCUT2D eigenvalue weighted by molar-refractivity contribution is 6.30. The number of halogens is 1. The Morgan fingerprint density at radius 3 is 2.52 bits per heavy atom. The molecule has 0 unspecified atom stereocenters. The number of hydrogen-bond acceptors (Lipinski definition) is 7. The van der Waals surface area contributed by atoms with Crippen molar-refractivity contribution in [3.8, 4) is 5.75 Å². The summed E-state index contributed by atoms with van der Waals surface area (Å²) in [5, 5.41) is 23.7. The fraction of sp³-hybridized carbons (Fsp3) is 0.391. The van der Waals surface area contributed by atoms with Crippen molar-refractivity contribution < 1.29 is 24.4 Å². The molecule has 10 heteroatoms. The maximum Gasteiger partial charge on any atom is 0.341 e. The lowest BCUT2D eigenvalue weighted by molar-refractivity contribution is -0.384. The van der Waals surface area contributed by atoms with Crippen molar-refractivity contribution in [2.24, 2.45) is 5.92 Å². The van der Waals surface area contributed by atoms with Crippen molar-refractivity contribution in [2.45, 2.75) is 19.4 Å². The van der Waals surface area contributed by atoms with Gasteiger partial charge in [-0.3, -0.25) is 14.9 Å². The Labute approximate surface area is 196 Å². The molecule has 0 aromatic heterocycles. The third kappa shape index (κ3) is 7.24. The van der Waals surface area contributed by atoms with E-state index in [1.54, 1.807) is 24.3 Å². The van der Waals surface area contributed by atoms with Crippen LogP contribution in [0.25, 0.3) is 0 Å². The van der Waals surface area contributed by atoms with E-state index in [9.17, 15) is 19.7 Å². The summed E-state index contributed by atoms with van der Waals surface area (Å²) in [6, 6.07) is 11.1. The van der Waals surface area contributed by atoms with Crippen LogP contribution >= 0.6 is 11.6 Å². The number of benzene rings is 2. The number of nitro benzene ring substituents is 1. The standard InChI is InChI=1S/C23H26ClN3O6/c24-19-3-1-16(2-4-19)23(30)17-7-10-26(11-8-17)12-9-25-14-18-13-20(27(31)32)5-6-21(18)33-15-22(28)29/h1-6,13,17,25H,7-12,14-15H2,(H,28,29). The normalized spacial score (nSPS) is 14.7. The molecular weight excluding hydrogens is 450 g/mol. The lowest BCUT2D eigenvalue weighted by Gasteiger charge is -2.31. The number of likely N-dealkylation sites (tertiary alicyclic amines) is 1. The van der Waals surface area contributed by atoms with E-state index in [2.05, 4.69) is 10.2 Å². The van der Waals surface area contributed by atoms with Gasteiger partial charge in [-0.1, -0.05) is 11.6 Å². The zero-order chi connectivity index (χ0) is 23.8. The van der Waals surface area contributed by atoms with Crippen molar-refractivity contribution in [1.82, 2.24) is 10.2 Å². The smallest absolute Gasteiger partial charge is 0.341 e. The van der Waals surface area contributed by atoms with E-state index >= 15 is 0 Å². The number of carboxylic acids is 1. The highest BCUT2D eigenvalue weighted by Crippen LogP contribution is 2.25. The molecule has 2 aromatic carbocycles. The summed E-state index contributed by atoms with van der Waals surface area (Å²) in [7, 11) is 0. The van der Waals surface area contributed by atoms with E-state index in [-0.39, 0.29) is 17.4 Å². The van der Waals surface area contributed by atoms with Gasteiger partial charge in [0, 0.05) is 53.8 Å². The second-order valence-electron chi connectivity index (χ2n) is 7.90. The van der Waals surface area contributed by atoms with Crippen LogP contribution in [0.3, 0.4) is 0 Å². The number of ether oxygens (including phenoxy) is 1. The van der Waals surface area contributed by atoms with Crippen LogP contribution in [0.4, 0.5) is 5.69 Å². The Kier molecular flexibility index (Phi) is 8.76. The number of rotatable bonds is 11. The van der Waals surface area contributed by atoms with Gasteiger partial charge < -0.3 is 20.1 Å². The van der Waals surface area contributed by atoms with Gasteiger partial charge in [0.05, 0.1) is 4.92 Å². The number of carbonyl (C=O) groups excluding carboxylic acids is 1. The summed E-state index contributed by atoms with van der Waals surface area (Å²) in [5.74, 6) is -0.652. The molecule has 1 heterocycles. The summed E-state index contributed by atoms with van der Waals surface area (Å²) < 4.78 is 5.25. The quantitative estimate of drug-likeness (QED) is 0.219. The number of Topliss-reactive ketones (excluding diaryl/α,β-unsaturated/α-hetero) is 1. The number of nitrogens with zero attached hydrogens (tertiary/aromatic N) is 2. The van der Waals surface area contributed by atoms with Gasteiger partial charge in [0.25, 0.3) is 5.69 Å². The Morgan fingerprint density at radius 1 is 1.18 bits per heavy atom. The van der Waals surface area contributed by atoms with Crippen molar-refractivity contribution in [1.29, 1.82) is 0 Å². The summed E-state index contributed by atoms with van der Waals surface area (Å²) in [5.41, 5.74) is 1.14. The minimum Gasteiger partial charge on any atom is -0.482 e. The van der Waals surface area contributed by atoms with Crippen LogP contribution < -0.4 is 10.1 Å². The molecule has 1 fully saturated rings. The highest BCUT2D eigenvalue weighted by Gasteiger charge is 2.25. The third-order valence-corrected chi connectivity index (χ3v) is 5.87. The second kappa shape index (κ2) is 11.7. The van der Waals surface area contributed by atoms with Crippen LogP contribution in [0.2, 0.25) is 5.02 Å². The van der Waals surface area contributed by atoms with Crippen molar-refractivity contribution in [3.05, 3.63) is 68.7 Å². The molecule has 9 nitrogen and oxygen atoms in total. The first kappa shape index (κ1) is 24.6. The maximum atomic E-state index is 12.7. The monoisotopic (exact) mass is 475 g/mol. The van der Waals surface area contributed by atoms with E-state index in [0.717, 1.165) is 32.5 Å². The molecule has 0 atom stereocenters. The number of aliphatic carboxylic acids is 1. The zero-order valence-electron chi connectivity index (χ0n) is 18.0. The number of non-ortho nitro benzene ring substituents is 1. The number of nitrogens with one attached hydrogen (secondary N) is 1. The first-order chi connectivity index (χ1) is 15.8. The molecule has 0 aliphatic carbocycles. The summed E-state index contributed by atoms with van der Waals surface area (Å²) in [6.07, 6.45) is 1.58. The van der Waals surface area contributed by atoms with Gasteiger partial charge in [-0.15, -0.1) is 0 Å². The van der Waals surface area contributed by atoms with Gasteiger partial charge in [0.1, 0.15) is 5.75 Å². The second-order valence-corrected chi connectivity index (χ2v) is 8.33. The molecule has 0 bridgehead atoms. The fourth-order valence-corrected chi connectivity index (χ4v) is 3.95. The Morgan fingerprint density at radius 2 is 1.88 bits per heavy atom. The number of ketones is 1. The number of hydrogen-bond donors (Lipinski definition) is 2. The van der Waals surface area contributed by atoms with Gasteiger partial charge in [-0.05, 0) is 56.3 Å². The van der Waals surface area contributed by atoms with Crippen molar-refractivity contribution in [2.75, 3.05) is 32.8 Å². The zero-order valence-corrected chi connectivity index (χ0v) is 18.8. The molecule has 0 radical (unpaired) electrons. The Balaban J connectivity index is 1.45. The Bertz CT molecular complexity index is 990. The lowest BCUT2D eigenvalue weighted by Crippen LogP contribution is -2.39. The average Bonchev–Trinajstić information content (AvgIpc) is 2.81. The van der Waals surface area contributed by atoms with E-state index in [1.165, 1.54) is 18.2 Å². The fourth-order valence-electron chi connectivity index (χ4n) is 3.83. The molecule has 2 aromatic rings. The minimum absolute atomic E-state index is 0.00851. The maximum absolute atomic E-state index is 12.7. The molecule has 1 aliphatic rings. The lowest BCUT2D eigenvalue weighted by atomic mass is 9.89. The van der Waals surface area contributed by atoms with Crippen LogP contribution in [-0.2, 0) is 11.3 Å². The first-order valence-electron chi connectivity index (χ1n) is 10.7. The largest absolute Gasteiger partial charge is 0.482 e. The van der Waals surface area contributed by atoms with E-state index in [4.69, 9.17) is 21.4 Å². The number of carboxylic acid groups (broad SMARTS) is 1. The predicted molar refractivity (Wildman–Crippen MR) is 123 cm³/mol. The SMILES string of the molecule is O=C(O)COc1ccc([N+](=O)[O-])cc1CNCCN1CCC(C(=O)c2ccc(Cl)cc2)CC1. The molecule has 176 valence electrons. The summed E-state index contributed by atoms with van der Waals surface area (Å²) in [4.78, 5) is 36.3. The highest BCUT2D eigenvalue weighted by atomic mass is 35.5. The van der Waals surface area contributed by atoms with Crippen LogP contribution in [0.1, 0.15) is 28.8 Å². The van der Waals surface area contributed by atoms with Crippen LogP contribution in [0, 0.1) is 16.0 Å². The van der Waals surface area contributed by atoms with Gasteiger partial charge in [0.15, 0.2) is 12.4 Å². The first-order valence-corrected chi connectivity index (χ1v) is 11.1. The number of piperidine rings is 1. The summed E-state index contributed by atoms with van der Waals surface area (Å²) in [6.45, 7) is 2.82. The molecule has 1 saturated heterocycles. The van der Waals surface area contributed by atoms with E-state index in [0.29, 0.717) is 35.0 Å². The van der Waals surface area contributed by atoms with Crippen LogP contribution in [0.5, 0.6) is 5.75 Å². The molecular formula is C23H26ClN3O6. The van der Waals surface area contributed by atoms with Crippen molar-refractivity contribution in [3.63, 3.8) is 0 Å². The van der Waals surface area contributed by atoms with Gasteiger partial charge in [-0.2, -0.15) is 0 Å². The van der Waals surface area contributed by atoms with E-state index in [1.807, 2.05) is 0 Å². The van der Waals surface area contributed by atoms with Crippen LogP contribution in [0.15, 0.2) is 42.5 Å². The van der Waals surface area contributed by atoms with Crippen LogP contribution in [-0.4, -0.2) is 59.5 Å². The third-order valence-electron chi connectivity index (χ3n) is 5.61. The van der Waals surface area contributed by atoms with E-state index < -0.39 is 17.5 Å². The topological polar surface area (TPSA) is 122 Å².